The number of fused-ring (bicyclic) bond motifs is 5. The molecule has 0 bridgehead atoms. The lowest BCUT2D eigenvalue weighted by Gasteiger charge is -2.09. The van der Waals surface area contributed by atoms with Crippen LogP contribution in [-0.2, 0) is 0 Å². The number of benzene rings is 6. The van der Waals surface area contributed by atoms with Gasteiger partial charge in [-0.25, -0.2) is 15.0 Å². The van der Waals surface area contributed by atoms with Gasteiger partial charge in [0.15, 0.2) is 17.5 Å². The molecule has 210 valence electrons. The highest BCUT2D eigenvalue weighted by atomic mass is 16.3. The second-order valence-corrected chi connectivity index (χ2v) is 11.1. The summed E-state index contributed by atoms with van der Waals surface area (Å²) in [6.45, 7) is 0. The normalized spacial score (nSPS) is 11.6. The van der Waals surface area contributed by atoms with Crippen LogP contribution in [0.1, 0.15) is 0 Å². The average Bonchev–Trinajstić information content (AvgIpc) is 3.49. The third-order valence-corrected chi connectivity index (χ3v) is 8.35. The van der Waals surface area contributed by atoms with Gasteiger partial charge in [-0.1, -0.05) is 109 Å². The first-order valence-electron chi connectivity index (χ1n) is 14.9. The smallest absolute Gasteiger partial charge is 0.182 e. The topological polar surface area (TPSA) is 64.7 Å². The molecule has 6 aromatic carbocycles. The van der Waals surface area contributed by atoms with E-state index in [0.717, 1.165) is 55.0 Å². The van der Waals surface area contributed by atoms with Gasteiger partial charge in [0.1, 0.15) is 16.9 Å². The number of nitrogens with zero attached hydrogens (tertiary/aromatic N) is 4. The molecule has 5 heteroatoms. The van der Waals surface area contributed by atoms with Crippen molar-refractivity contribution in [2.75, 3.05) is 0 Å². The van der Waals surface area contributed by atoms with E-state index in [4.69, 9.17) is 24.4 Å². The Morgan fingerprint density at radius 2 is 1.11 bits per heavy atom. The van der Waals surface area contributed by atoms with Crippen LogP contribution in [-0.4, -0.2) is 19.9 Å². The van der Waals surface area contributed by atoms with Crippen LogP contribution in [0.4, 0.5) is 0 Å². The standard InChI is InChI=1S/C40H24N4O/c1-2-10-26(11-3-1)38-42-39(44-40(43-38)34-22-28-13-6-7-14-31(28)24-41-34)33-15-8-16-35-37(33)32-20-19-30(23-36(32)45-35)29-18-17-25-9-4-5-12-27(25)21-29/h1-24H. The predicted octanol–water partition coefficient (Wildman–Crippen LogP) is 10.1. The zero-order chi connectivity index (χ0) is 29.7. The van der Waals surface area contributed by atoms with Crippen molar-refractivity contribution < 1.29 is 4.42 Å². The molecule has 0 saturated carbocycles. The summed E-state index contributed by atoms with van der Waals surface area (Å²) in [7, 11) is 0. The molecule has 0 spiro atoms. The van der Waals surface area contributed by atoms with Gasteiger partial charge < -0.3 is 4.42 Å². The Hall–Kier alpha value is -6.20. The van der Waals surface area contributed by atoms with Crippen molar-refractivity contribution in [1.29, 1.82) is 0 Å². The lowest BCUT2D eigenvalue weighted by molar-refractivity contribution is 0.669. The Kier molecular flexibility index (Phi) is 5.74. The number of furan rings is 1. The fraction of sp³-hybridized carbons (Fsp3) is 0. The van der Waals surface area contributed by atoms with Crippen LogP contribution in [0.2, 0.25) is 0 Å². The van der Waals surface area contributed by atoms with Gasteiger partial charge in [-0.05, 0) is 57.6 Å². The molecule has 0 N–H and O–H groups in total. The summed E-state index contributed by atoms with van der Waals surface area (Å²) in [6.07, 6.45) is 1.87. The number of pyridine rings is 1. The largest absolute Gasteiger partial charge is 0.456 e. The van der Waals surface area contributed by atoms with Gasteiger partial charge in [-0.15, -0.1) is 0 Å². The van der Waals surface area contributed by atoms with Crippen LogP contribution in [0.3, 0.4) is 0 Å². The summed E-state index contributed by atoms with van der Waals surface area (Å²) >= 11 is 0. The molecular formula is C40H24N4O. The van der Waals surface area contributed by atoms with E-state index in [1.165, 1.54) is 10.8 Å². The molecule has 3 aromatic heterocycles. The highest BCUT2D eigenvalue weighted by Crippen LogP contribution is 2.38. The molecule has 0 aliphatic heterocycles. The van der Waals surface area contributed by atoms with Crippen LogP contribution in [0.15, 0.2) is 150 Å². The lowest BCUT2D eigenvalue weighted by Crippen LogP contribution is -2.01. The molecule has 0 aliphatic rings. The van der Waals surface area contributed by atoms with Gasteiger partial charge in [-0.3, -0.25) is 4.98 Å². The highest BCUT2D eigenvalue weighted by molar-refractivity contribution is 6.12. The number of aromatic nitrogens is 4. The van der Waals surface area contributed by atoms with Gasteiger partial charge >= 0.3 is 0 Å². The predicted molar refractivity (Wildman–Crippen MR) is 182 cm³/mol. The maximum Gasteiger partial charge on any atom is 0.182 e. The van der Waals surface area contributed by atoms with Crippen LogP contribution in [0.25, 0.3) is 88.9 Å². The van der Waals surface area contributed by atoms with E-state index < -0.39 is 0 Å². The van der Waals surface area contributed by atoms with Crippen molar-refractivity contribution in [2.45, 2.75) is 0 Å². The third-order valence-electron chi connectivity index (χ3n) is 8.35. The number of rotatable bonds is 4. The zero-order valence-electron chi connectivity index (χ0n) is 24.1. The van der Waals surface area contributed by atoms with E-state index in [-0.39, 0.29) is 0 Å². The van der Waals surface area contributed by atoms with Crippen LogP contribution < -0.4 is 0 Å². The maximum atomic E-state index is 6.46. The van der Waals surface area contributed by atoms with E-state index in [2.05, 4.69) is 78.9 Å². The maximum absolute atomic E-state index is 6.46. The minimum atomic E-state index is 0.521. The Morgan fingerprint density at radius 1 is 0.422 bits per heavy atom. The molecule has 9 aromatic rings. The van der Waals surface area contributed by atoms with Gasteiger partial charge in [0.25, 0.3) is 0 Å². The molecule has 0 unspecified atom stereocenters. The average molecular weight is 577 g/mol. The summed E-state index contributed by atoms with van der Waals surface area (Å²) in [5.41, 5.74) is 6.33. The summed E-state index contributed by atoms with van der Waals surface area (Å²) in [5.74, 6) is 1.68. The first kappa shape index (κ1) is 25.3. The molecule has 0 radical (unpaired) electrons. The lowest BCUT2D eigenvalue weighted by atomic mass is 9.99. The van der Waals surface area contributed by atoms with Crippen molar-refractivity contribution >= 4 is 43.5 Å². The highest BCUT2D eigenvalue weighted by Gasteiger charge is 2.18. The second kappa shape index (κ2) is 10.2. The SMILES string of the molecule is c1ccc(-c2nc(-c3cc4ccccc4cn3)nc(-c3cccc4oc5cc(-c6ccc7ccccc7c6)ccc5c34)n2)cc1. The molecule has 3 heterocycles. The fourth-order valence-corrected chi connectivity index (χ4v) is 6.09. The molecule has 0 saturated heterocycles. The molecule has 45 heavy (non-hydrogen) atoms. The van der Waals surface area contributed by atoms with Crippen molar-refractivity contribution in [3.63, 3.8) is 0 Å². The van der Waals surface area contributed by atoms with Crippen LogP contribution in [0.5, 0.6) is 0 Å². The van der Waals surface area contributed by atoms with E-state index >= 15 is 0 Å². The third kappa shape index (κ3) is 4.41. The van der Waals surface area contributed by atoms with Crippen LogP contribution >= 0.6 is 0 Å². The quantitative estimate of drug-likeness (QED) is 0.209. The summed E-state index contributed by atoms with van der Waals surface area (Å²) in [4.78, 5) is 19.6. The Bertz CT molecular complexity index is 2550. The molecule has 5 nitrogen and oxygen atoms in total. The van der Waals surface area contributed by atoms with Gasteiger partial charge in [0.05, 0.1) is 0 Å². The minimum Gasteiger partial charge on any atom is -0.456 e. The fourth-order valence-electron chi connectivity index (χ4n) is 6.09. The van der Waals surface area contributed by atoms with Crippen molar-refractivity contribution in [3.8, 4) is 45.4 Å². The van der Waals surface area contributed by atoms with Gasteiger partial charge in [0.2, 0.25) is 0 Å². The number of hydrogen-bond acceptors (Lipinski definition) is 5. The van der Waals surface area contributed by atoms with E-state index in [1.54, 1.807) is 0 Å². The van der Waals surface area contributed by atoms with E-state index in [0.29, 0.717) is 23.2 Å². The Labute approximate surface area is 258 Å². The van der Waals surface area contributed by atoms with Crippen LogP contribution in [0, 0.1) is 0 Å². The number of hydrogen-bond donors (Lipinski definition) is 0. The molecular weight excluding hydrogens is 552 g/mol. The first-order chi connectivity index (χ1) is 22.3. The molecule has 0 amide bonds. The van der Waals surface area contributed by atoms with E-state index in [9.17, 15) is 0 Å². The second-order valence-electron chi connectivity index (χ2n) is 11.1. The summed E-state index contributed by atoms with van der Waals surface area (Å²) in [6, 6.07) is 47.6. The first-order valence-corrected chi connectivity index (χ1v) is 14.9. The molecule has 0 fully saturated rings. The molecule has 9 rings (SSSR count). The Balaban J connectivity index is 1.23. The minimum absolute atomic E-state index is 0.521. The van der Waals surface area contributed by atoms with Crippen molar-refractivity contribution in [3.05, 3.63) is 146 Å². The van der Waals surface area contributed by atoms with Gasteiger partial charge in [-0.2, -0.15) is 0 Å². The van der Waals surface area contributed by atoms with E-state index in [1.807, 2.05) is 66.9 Å². The summed E-state index contributed by atoms with van der Waals surface area (Å²) in [5, 5.41) is 6.56. The van der Waals surface area contributed by atoms with Gasteiger partial charge in [0, 0.05) is 33.5 Å². The van der Waals surface area contributed by atoms with Crippen molar-refractivity contribution in [1.82, 2.24) is 19.9 Å². The zero-order valence-corrected chi connectivity index (χ0v) is 24.1. The monoisotopic (exact) mass is 576 g/mol. The van der Waals surface area contributed by atoms with Crippen molar-refractivity contribution in [2.24, 2.45) is 0 Å². The molecule has 0 atom stereocenters. The summed E-state index contributed by atoms with van der Waals surface area (Å²) < 4.78 is 6.46. The Morgan fingerprint density at radius 3 is 1.98 bits per heavy atom. The molecule has 0 aliphatic carbocycles.